The lowest BCUT2D eigenvalue weighted by Crippen LogP contribution is -2.12. The highest BCUT2D eigenvalue weighted by atomic mass is 32.2. The normalized spacial score (nSPS) is 10.6. The standard InChI is InChI=1S/C18H19N5OS/c1-13-12-15(8-10-19-13)20-16(24)9-11-25-18-22-21-17(23(18)2)14-6-4-3-5-7-14/h3-8,10,12H,9,11H2,1-2H3,(H,19,20,24). The zero-order valence-electron chi connectivity index (χ0n) is 14.1. The summed E-state index contributed by atoms with van der Waals surface area (Å²) in [6.07, 6.45) is 2.09. The molecule has 0 fully saturated rings. The number of benzene rings is 1. The van der Waals surface area contributed by atoms with Crippen molar-refractivity contribution < 1.29 is 4.79 Å². The maximum atomic E-state index is 12.0. The Morgan fingerprint density at radius 3 is 2.76 bits per heavy atom. The van der Waals surface area contributed by atoms with E-state index in [4.69, 9.17) is 0 Å². The minimum Gasteiger partial charge on any atom is -0.326 e. The van der Waals surface area contributed by atoms with E-state index in [0.717, 1.165) is 27.9 Å². The van der Waals surface area contributed by atoms with Gasteiger partial charge in [0.1, 0.15) is 0 Å². The summed E-state index contributed by atoms with van der Waals surface area (Å²) in [5.41, 5.74) is 2.67. The van der Waals surface area contributed by atoms with Crippen LogP contribution in [0.4, 0.5) is 5.69 Å². The van der Waals surface area contributed by atoms with Gasteiger partial charge < -0.3 is 9.88 Å². The summed E-state index contributed by atoms with van der Waals surface area (Å²) in [6.45, 7) is 1.89. The fourth-order valence-corrected chi connectivity index (χ4v) is 3.21. The highest BCUT2D eigenvalue weighted by molar-refractivity contribution is 7.99. The molecule has 25 heavy (non-hydrogen) atoms. The van der Waals surface area contributed by atoms with Crippen molar-refractivity contribution in [3.8, 4) is 11.4 Å². The fraction of sp³-hybridized carbons (Fsp3) is 0.222. The minimum atomic E-state index is -0.0245. The van der Waals surface area contributed by atoms with E-state index in [0.29, 0.717) is 12.2 Å². The Balaban J connectivity index is 1.54. The van der Waals surface area contributed by atoms with Gasteiger partial charge in [0.05, 0.1) is 0 Å². The van der Waals surface area contributed by atoms with Crippen LogP contribution in [0.15, 0.2) is 53.8 Å². The summed E-state index contributed by atoms with van der Waals surface area (Å²) in [4.78, 5) is 16.2. The lowest BCUT2D eigenvalue weighted by molar-refractivity contribution is -0.115. The second kappa shape index (κ2) is 7.94. The Morgan fingerprint density at radius 2 is 2.00 bits per heavy atom. The minimum absolute atomic E-state index is 0.0245. The van der Waals surface area contributed by atoms with Crippen LogP contribution in [0.3, 0.4) is 0 Å². The summed E-state index contributed by atoms with van der Waals surface area (Å²) >= 11 is 1.52. The number of carbonyl (C=O) groups is 1. The summed E-state index contributed by atoms with van der Waals surface area (Å²) < 4.78 is 1.95. The van der Waals surface area contributed by atoms with Crippen molar-refractivity contribution in [3.63, 3.8) is 0 Å². The maximum Gasteiger partial charge on any atom is 0.225 e. The van der Waals surface area contributed by atoms with Gasteiger partial charge >= 0.3 is 0 Å². The molecule has 0 radical (unpaired) electrons. The van der Waals surface area contributed by atoms with E-state index in [2.05, 4.69) is 20.5 Å². The third kappa shape index (κ3) is 4.45. The first kappa shape index (κ1) is 17.2. The molecular weight excluding hydrogens is 334 g/mol. The van der Waals surface area contributed by atoms with Crippen LogP contribution in [-0.2, 0) is 11.8 Å². The van der Waals surface area contributed by atoms with Gasteiger partial charge in [0.15, 0.2) is 11.0 Å². The molecule has 0 spiro atoms. The Morgan fingerprint density at radius 1 is 1.20 bits per heavy atom. The molecule has 3 rings (SSSR count). The Bertz CT molecular complexity index is 863. The molecule has 0 aliphatic rings. The van der Waals surface area contributed by atoms with E-state index in [-0.39, 0.29) is 5.91 Å². The number of hydrogen-bond donors (Lipinski definition) is 1. The fourth-order valence-electron chi connectivity index (χ4n) is 2.36. The van der Waals surface area contributed by atoms with Crippen molar-refractivity contribution >= 4 is 23.4 Å². The molecule has 0 atom stereocenters. The monoisotopic (exact) mass is 353 g/mol. The number of aryl methyl sites for hydroxylation is 1. The number of anilines is 1. The first-order valence-corrected chi connectivity index (χ1v) is 8.92. The van der Waals surface area contributed by atoms with E-state index in [1.54, 1.807) is 12.3 Å². The molecule has 1 amide bonds. The molecule has 0 saturated heterocycles. The van der Waals surface area contributed by atoms with Crippen molar-refractivity contribution in [3.05, 3.63) is 54.4 Å². The van der Waals surface area contributed by atoms with Crippen LogP contribution in [0, 0.1) is 6.92 Å². The number of nitrogens with zero attached hydrogens (tertiary/aromatic N) is 4. The molecule has 128 valence electrons. The van der Waals surface area contributed by atoms with Gasteiger partial charge in [0.25, 0.3) is 0 Å². The zero-order chi connectivity index (χ0) is 17.6. The largest absolute Gasteiger partial charge is 0.326 e. The third-order valence-electron chi connectivity index (χ3n) is 3.61. The average Bonchev–Trinajstić information content (AvgIpc) is 2.96. The molecule has 7 heteroatoms. The zero-order valence-corrected chi connectivity index (χ0v) is 15.0. The summed E-state index contributed by atoms with van der Waals surface area (Å²) in [6, 6.07) is 13.6. The summed E-state index contributed by atoms with van der Waals surface area (Å²) in [5.74, 6) is 1.43. The number of pyridine rings is 1. The number of carbonyl (C=O) groups excluding carboxylic acids is 1. The van der Waals surface area contributed by atoms with E-state index in [1.165, 1.54) is 11.8 Å². The lowest BCUT2D eigenvalue weighted by atomic mass is 10.2. The number of nitrogens with one attached hydrogen (secondary N) is 1. The SMILES string of the molecule is Cc1cc(NC(=O)CCSc2nnc(-c3ccccc3)n2C)ccn1. The van der Waals surface area contributed by atoms with Gasteiger partial charge in [-0.3, -0.25) is 9.78 Å². The van der Waals surface area contributed by atoms with Crippen molar-refractivity contribution in [2.75, 3.05) is 11.1 Å². The molecule has 6 nitrogen and oxygen atoms in total. The predicted octanol–water partition coefficient (Wildman–Crippen LogP) is 3.31. The van der Waals surface area contributed by atoms with Gasteiger partial charge in [-0.15, -0.1) is 10.2 Å². The summed E-state index contributed by atoms with van der Waals surface area (Å²) in [7, 11) is 1.94. The topological polar surface area (TPSA) is 72.7 Å². The van der Waals surface area contributed by atoms with Crippen molar-refractivity contribution in [2.24, 2.45) is 7.05 Å². The van der Waals surface area contributed by atoms with Crippen LogP contribution in [0.2, 0.25) is 0 Å². The van der Waals surface area contributed by atoms with Crippen LogP contribution in [0.1, 0.15) is 12.1 Å². The predicted molar refractivity (Wildman–Crippen MR) is 99.4 cm³/mol. The van der Waals surface area contributed by atoms with E-state index in [1.807, 2.05) is 54.9 Å². The highest BCUT2D eigenvalue weighted by Crippen LogP contribution is 2.22. The molecule has 0 unspecified atom stereocenters. The first-order chi connectivity index (χ1) is 12.1. The van der Waals surface area contributed by atoms with Crippen LogP contribution in [-0.4, -0.2) is 31.4 Å². The highest BCUT2D eigenvalue weighted by Gasteiger charge is 2.11. The van der Waals surface area contributed by atoms with E-state index in [9.17, 15) is 4.79 Å². The van der Waals surface area contributed by atoms with Crippen molar-refractivity contribution in [1.82, 2.24) is 19.7 Å². The number of aromatic nitrogens is 4. The van der Waals surface area contributed by atoms with Crippen molar-refractivity contribution in [1.29, 1.82) is 0 Å². The Kier molecular flexibility index (Phi) is 5.45. The number of hydrogen-bond acceptors (Lipinski definition) is 5. The van der Waals surface area contributed by atoms with Gasteiger partial charge in [-0.2, -0.15) is 0 Å². The molecule has 0 saturated carbocycles. The number of amides is 1. The van der Waals surface area contributed by atoms with Crippen LogP contribution < -0.4 is 5.32 Å². The molecule has 0 aliphatic heterocycles. The first-order valence-electron chi connectivity index (χ1n) is 7.93. The molecule has 0 bridgehead atoms. The number of rotatable bonds is 6. The average molecular weight is 353 g/mol. The summed E-state index contributed by atoms with van der Waals surface area (Å²) in [5, 5.41) is 12.1. The van der Waals surface area contributed by atoms with Crippen molar-refractivity contribution in [2.45, 2.75) is 18.5 Å². The van der Waals surface area contributed by atoms with Crippen LogP contribution >= 0.6 is 11.8 Å². The maximum absolute atomic E-state index is 12.0. The van der Waals surface area contributed by atoms with Gasteiger partial charge in [0, 0.05) is 42.4 Å². The van der Waals surface area contributed by atoms with Crippen LogP contribution in [0.25, 0.3) is 11.4 Å². The Labute approximate surface area is 150 Å². The molecule has 1 aromatic carbocycles. The number of thioether (sulfide) groups is 1. The molecule has 1 N–H and O–H groups in total. The smallest absolute Gasteiger partial charge is 0.225 e. The molecule has 0 aliphatic carbocycles. The third-order valence-corrected chi connectivity index (χ3v) is 4.63. The van der Waals surface area contributed by atoms with Gasteiger partial charge in [-0.25, -0.2) is 0 Å². The molecule has 2 aromatic heterocycles. The molecule has 2 heterocycles. The second-order valence-electron chi connectivity index (χ2n) is 5.56. The Hall–Kier alpha value is -2.67. The van der Waals surface area contributed by atoms with Gasteiger partial charge in [-0.1, -0.05) is 42.1 Å². The molecule has 3 aromatic rings. The van der Waals surface area contributed by atoms with Crippen LogP contribution in [0.5, 0.6) is 0 Å². The van der Waals surface area contributed by atoms with E-state index >= 15 is 0 Å². The van der Waals surface area contributed by atoms with Gasteiger partial charge in [-0.05, 0) is 19.1 Å². The lowest BCUT2D eigenvalue weighted by Gasteiger charge is -2.06. The quantitative estimate of drug-likeness (QED) is 0.688. The second-order valence-corrected chi connectivity index (χ2v) is 6.63. The van der Waals surface area contributed by atoms with Gasteiger partial charge in [0.2, 0.25) is 5.91 Å². The molecular formula is C18H19N5OS. The van der Waals surface area contributed by atoms with E-state index < -0.39 is 0 Å².